The molecule has 1 aliphatic rings. The van der Waals surface area contributed by atoms with Crippen molar-refractivity contribution < 1.29 is 0 Å². The number of aryl methyl sites for hydroxylation is 2. The van der Waals surface area contributed by atoms with Crippen molar-refractivity contribution in [3.63, 3.8) is 0 Å². The molecule has 0 aliphatic carbocycles. The number of nitrogens with one attached hydrogen (secondary N) is 1. The molecule has 1 unspecified atom stereocenters. The van der Waals surface area contributed by atoms with E-state index < -0.39 is 0 Å². The standard InChI is InChI=1S/C31H49N5/c1-9-30-24(3)21-25(4)34-31(33-18-17-32)22-26(5)35(7)19-13-11-10-12-14-28-16-15-23(2)20-29(28)27(6)36(30)8/h15-16,20-22,30H,3,6,9-14,17-19,32H2,1-2,4-5,7-8H3,(H,33,34)/b25-21+,26-22+. The fourth-order valence-electron chi connectivity index (χ4n) is 4.75. The van der Waals surface area contributed by atoms with E-state index in [2.05, 4.69) is 93.5 Å². The monoisotopic (exact) mass is 491 g/mol. The lowest BCUT2D eigenvalue weighted by atomic mass is 9.95. The largest absolute Gasteiger partial charge is 0.378 e. The van der Waals surface area contributed by atoms with Crippen LogP contribution in [0.15, 0.2) is 65.5 Å². The highest BCUT2D eigenvalue weighted by Gasteiger charge is 2.19. The van der Waals surface area contributed by atoms with Gasteiger partial charge in [0, 0.05) is 56.4 Å². The molecule has 0 radical (unpaired) electrons. The van der Waals surface area contributed by atoms with Gasteiger partial charge in [0.2, 0.25) is 0 Å². The molecule has 0 spiro atoms. The molecule has 0 bridgehead atoms. The third-order valence-corrected chi connectivity index (χ3v) is 7.06. The van der Waals surface area contributed by atoms with Gasteiger partial charge in [0.05, 0.1) is 6.04 Å². The molecule has 0 amide bonds. The molecule has 0 aromatic heterocycles. The topological polar surface area (TPSA) is 56.9 Å². The molecule has 198 valence electrons. The summed E-state index contributed by atoms with van der Waals surface area (Å²) in [6.45, 7) is 19.8. The lowest BCUT2D eigenvalue weighted by Crippen LogP contribution is -2.31. The normalized spacial score (nSPS) is 23.8. The number of benzene rings is 1. The summed E-state index contributed by atoms with van der Waals surface area (Å²) in [7, 11) is 4.30. The Labute approximate surface area is 220 Å². The Morgan fingerprint density at radius 1 is 1.06 bits per heavy atom. The van der Waals surface area contributed by atoms with Crippen LogP contribution in [0, 0.1) is 6.92 Å². The molecule has 5 heteroatoms. The van der Waals surface area contributed by atoms with Crippen molar-refractivity contribution in [1.29, 1.82) is 0 Å². The molecular weight excluding hydrogens is 442 g/mol. The summed E-state index contributed by atoms with van der Waals surface area (Å²) in [5.74, 6) is 0.833. The second-order valence-electron chi connectivity index (χ2n) is 10.1. The number of likely N-dealkylation sites (N-methyl/N-ethyl adjacent to an activating group) is 1. The summed E-state index contributed by atoms with van der Waals surface area (Å²) >= 11 is 0. The molecule has 5 nitrogen and oxygen atoms in total. The van der Waals surface area contributed by atoms with Crippen LogP contribution in [0.25, 0.3) is 5.70 Å². The van der Waals surface area contributed by atoms with Gasteiger partial charge in [-0.15, -0.1) is 0 Å². The predicted molar refractivity (Wildman–Crippen MR) is 158 cm³/mol. The summed E-state index contributed by atoms with van der Waals surface area (Å²) in [6.07, 6.45) is 11.1. The molecule has 0 fully saturated rings. The van der Waals surface area contributed by atoms with E-state index in [-0.39, 0.29) is 6.04 Å². The SMILES string of the molecule is C=C1/C=C(C)/N=C(NCCN)\C=C(/C)N(C)CCCCCCc2ccc(C)cc2C(=C)N(C)C1CC. The number of nitrogens with two attached hydrogens (primary N) is 1. The average Bonchev–Trinajstić information content (AvgIpc) is 2.84. The number of aliphatic imine (C=N–C) groups is 1. The van der Waals surface area contributed by atoms with Gasteiger partial charge in [0.25, 0.3) is 0 Å². The molecule has 0 saturated heterocycles. The second-order valence-corrected chi connectivity index (χ2v) is 10.1. The van der Waals surface area contributed by atoms with Crippen LogP contribution in [0.2, 0.25) is 0 Å². The first-order valence-electron chi connectivity index (χ1n) is 13.5. The van der Waals surface area contributed by atoms with Crippen LogP contribution < -0.4 is 11.1 Å². The molecule has 1 heterocycles. The van der Waals surface area contributed by atoms with E-state index in [9.17, 15) is 0 Å². The molecule has 1 aromatic carbocycles. The van der Waals surface area contributed by atoms with E-state index in [1.807, 2.05) is 6.92 Å². The minimum absolute atomic E-state index is 0.141. The quantitative estimate of drug-likeness (QED) is 0.542. The zero-order chi connectivity index (χ0) is 26.7. The van der Waals surface area contributed by atoms with E-state index in [4.69, 9.17) is 10.7 Å². The number of rotatable bonds is 3. The van der Waals surface area contributed by atoms with Gasteiger partial charge in [-0.2, -0.15) is 0 Å². The number of fused-ring (bicyclic) bond motifs is 1. The summed E-state index contributed by atoms with van der Waals surface area (Å²) < 4.78 is 0. The van der Waals surface area contributed by atoms with E-state index >= 15 is 0 Å². The van der Waals surface area contributed by atoms with Crippen LogP contribution in [-0.2, 0) is 6.42 Å². The maximum atomic E-state index is 5.76. The number of allylic oxidation sites excluding steroid dienone is 2. The first kappa shape index (κ1) is 29.4. The average molecular weight is 492 g/mol. The van der Waals surface area contributed by atoms with Gasteiger partial charge < -0.3 is 20.9 Å². The van der Waals surface area contributed by atoms with E-state index in [0.29, 0.717) is 13.1 Å². The highest BCUT2D eigenvalue weighted by atomic mass is 15.1. The third-order valence-electron chi connectivity index (χ3n) is 7.06. The Kier molecular flexibility index (Phi) is 12.0. The number of amidine groups is 1. The maximum absolute atomic E-state index is 5.76. The molecule has 36 heavy (non-hydrogen) atoms. The van der Waals surface area contributed by atoms with Crippen molar-refractivity contribution in [1.82, 2.24) is 15.1 Å². The summed E-state index contributed by atoms with van der Waals surface area (Å²) in [6, 6.07) is 6.94. The Balaban J connectivity index is 2.46. The van der Waals surface area contributed by atoms with Crippen molar-refractivity contribution >= 4 is 11.5 Å². The predicted octanol–water partition coefficient (Wildman–Crippen LogP) is 6.04. The molecule has 2 rings (SSSR count). The first-order chi connectivity index (χ1) is 17.2. The fraction of sp³-hybridized carbons (Fsp3) is 0.516. The molecule has 1 aromatic rings. The van der Waals surface area contributed by atoms with Crippen LogP contribution in [0.5, 0.6) is 0 Å². The molecule has 1 aliphatic heterocycles. The van der Waals surface area contributed by atoms with Gasteiger partial charge >= 0.3 is 0 Å². The van der Waals surface area contributed by atoms with Crippen molar-refractivity contribution in [3.05, 3.63) is 77.2 Å². The minimum atomic E-state index is 0.141. The van der Waals surface area contributed by atoms with Crippen LogP contribution >= 0.6 is 0 Å². The van der Waals surface area contributed by atoms with E-state index in [1.165, 1.54) is 48.1 Å². The summed E-state index contributed by atoms with van der Waals surface area (Å²) in [5, 5.41) is 3.38. The Morgan fingerprint density at radius 3 is 2.47 bits per heavy atom. The van der Waals surface area contributed by atoms with Crippen LogP contribution in [-0.4, -0.2) is 55.4 Å². The first-order valence-corrected chi connectivity index (χ1v) is 13.5. The fourth-order valence-corrected chi connectivity index (χ4v) is 4.75. The van der Waals surface area contributed by atoms with Crippen LogP contribution in [0.3, 0.4) is 0 Å². The Bertz CT molecular complexity index is 985. The van der Waals surface area contributed by atoms with Gasteiger partial charge in [-0.1, -0.05) is 50.6 Å². The molecule has 0 saturated carbocycles. The van der Waals surface area contributed by atoms with E-state index in [0.717, 1.165) is 42.2 Å². The Hall–Kier alpha value is -2.79. The lowest BCUT2D eigenvalue weighted by molar-refractivity contribution is 0.385. The van der Waals surface area contributed by atoms with Gasteiger partial charge in [-0.3, -0.25) is 0 Å². The highest BCUT2D eigenvalue weighted by molar-refractivity contribution is 5.94. The third kappa shape index (κ3) is 8.70. The minimum Gasteiger partial charge on any atom is -0.378 e. The molecule has 3 N–H and O–H groups in total. The maximum Gasteiger partial charge on any atom is 0.127 e. The van der Waals surface area contributed by atoms with Crippen molar-refractivity contribution in [2.24, 2.45) is 10.7 Å². The Morgan fingerprint density at radius 2 is 1.78 bits per heavy atom. The zero-order valence-corrected chi connectivity index (χ0v) is 23.7. The van der Waals surface area contributed by atoms with Crippen molar-refractivity contribution in [3.8, 4) is 0 Å². The van der Waals surface area contributed by atoms with E-state index in [1.54, 1.807) is 0 Å². The molecular formula is C31H49N5. The number of hydrogen-bond donors (Lipinski definition) is 2. The molecule has 1 atom stereocenters. The smallest absolute Gasteiger partial charge is 0.127 e. The summed E-state index contributed by atoms with van der Waals surface area (Å²) in [4.78, 5) is 9.50. The second kappa shape index (κ2) is 14.7. The van der Waals surface area contributed by atoms with Crippen molar-refractivity contribution in [2.45, 2.75) is 72.3 Å². The van der Waals surface area contributed by atoms with Crippen LogP contribution in [0.4, 0.5) is 0 Å². The van der Waals surface area contributed by atoms with Crippen molar-refractivity contribution in [2.75, 3.05) is 33.7 Å². The number of nitrogens with zero attached hydrogens (tertiary/aromatic N) is 3. The van der Waals surface area contributed by atoms with Gasteiger partial charge in [-0.25, -0.2) is 4.99 Å². The van der Waals surface area contributed by atoms with Gasteiger partial charge in [0.15, 0.2) is 0 Å². The lowest BCUT2D eigenvalue weighted by Gasteiger charge is -2.32. The van der Waals surface area contributed by atoms with Crippen LogP contribution in [0.1, 0.15) is 69.6 Å². The number of hydrogen-bond acceptors (Lipinski definition) is 5. The zero-order valence-electron chi connectivity index (χ0n) is 23.7. The van der Waals surface area contributed by atoms with Gasteiger partial charge in [-0.05, 0) is 75.8 Å². The summed E-state index contributed by atoms with van der Waals surface area (Å²) in [5.41, 5.74) is 13.9. The highest BCUT2D eigenvalue weighted by Crippen LogP contribution is 2.28. The van der Waals surface area contributed by atoms with Gasteiger partial charge in [0.1, 0.15) is 5.84 Å².